The van der Waals surface area contributed by atoms with Gasteiger partial charge in [0.05, 0.1) is 19.4 Å². The Hall–Kier alpha value is -2.08. The maximum absolute atomic E-state index is 12.9. The predicted molar refractivity (Wildman–Crippen MR) is 116 cm³/mol. The zero-order valence-electron chi connectivity index (χ0n) is 16.2. The average molecular weight is 417 g/mol. The number of aryl methyl sites for hydroxylation is 1. The molecule has 28 heavy (non-hydrogen) atoms. The summed E-state index contributed by atoms with van der Waals surface area (Å²) >= 11 is 8.05. The molecule has 1 amide bonds. The molecule has 0 aliphatic heterocycles. The molecule has 0 radical (unpaired) electrons. The zero-order chi connectivity index (χ0) is 19.9. The third kappa shape index (κ3) is 5.25. The van der Waals surface area contributed by atoms with Gasteiger partial charge >= 0.3 is 0 Å². The maximum atomic E-state index is 12.9. The van der Waals surface area contributed by atoms with E-state index in [1.807, 2.05) is 35.7 Å². The Morgan fingerprint density at radius 3 is 2.64 bits per heavy atom. The first-order valence-corrected chi connectivity index (χ1v) is 10.7. The lowest BCUT2D eigenvalue weighted by atomic mass is 10.0. The molecule has 0 spiro atoms. The van der Waals surface area contributed by atoms with Gasteiger partial charge in [-0.05, 0) is 53.6 Å². The normalized spacial score (nSPS) is 11.1. The Morgan fingerprint density at radius 2 is 2.00 bits per heavy atom. The fraction of sp³-hybridized carbons (Fsp3) is 0.318. The van der Waals surface area contributed by atoms with Crippen LogP contribution in [0.1, 0.15) is 35.6 Å². The second-order valence-electron chi connectivity index (χ2n) is 6.62. The second-order valence-corrected chi connectivity index (χ2v) is 8.06. The van der Waals surface area contributed by atoms with Crippen molar-refractivity contribution in [1.82, 2.24) is 4.90 Å². The Balaban J connectivity index is 1.75. The van der Waals surface area contributed by atoms with Gasteiger partial charge in [0, 0.05) is 22.1 Å². The molecule has 3 rings (SSSR count). The van der Waals surface area contributed by atoms with Gasteiger partial charge in [0.15, 0.2) is 0 Å². The lowest BCUT2D eigenvalue weighted by Gasteiger charge is -2.22. The third-order valence-electron chi connectivity index (χ3n) is 4.63. The van der Waals surface area contributed by atoms with Gasteiger partial charge in [-0.3, -0.25) is 9.69 Å². The maximum Gasteiger partial charge on any atom is 0.238 e. The molecule has 2 heterocycles. The lowest BCUT2D eigenvalue weighted by molar-refractivity contribution is -0.117. The smallest absolute Gasteiger partial charge is 0.238 e. The molecule has 0 aliphatic rings. The molecule has 1 N–H and O–H groups in total. The van der Waals surface area contributed by atoms with Crippen LogP contribution >= 0.6 is 22.9 Å². The highest BCUT2D eigenvalue weighted by atomic mass is 35.5. The number of halogens is 1. The van der Waals surface area contributed by atoms with Crippen LogP contribution < -0.4 is 5.32 Å². The van der Waals surface area contributed by atoms with Crippen molar-refractivity contribution in [2.24, 2.45) is 0 Å². The second kappa shape index (κ2) is 9.92. The molecule has 0 unspecified atom stereocenters. The number of hydrogen-bond acceptors (Lipinski definition) is 4. The number of thiophene rings is 1. The summed E-state index contributed by atoms with van der Waals surface area (Å²) in [5.74, 6) is 0.797. The standard InChI is InChI=1S/C22H25ClN2O2S/c1-3-16-9-10-20(23)19(4-2)22(16)24-21(26)15-25(13-17-7-5-11-27-17)14-18-8-6-12-28-18/h5-12H,3-4,13-15H2,1-2H3,(H,24,26). The minimum absolute atomic E-state index is 0.0465. The summed E-state index contributed by atoms with van der Waals surface area (Å²) in [5.41, 5.74) is 2.95. The van der Waals surface area contributed by atoms with Crippen LogP contribution in [0.2, 0.25) is 5.02 Å². The summed E-state index contributed by atoms with van der Waals surface area (Å²) in [7, 11) is 0. The summed E-state index contributed by atoms with van der Waals surface area (Å²) < 4.78 is 5.48. The van der Waals surface area contributed by atoms with Gasteiger partial charge in [-0.25, -0.2) is 0 Å². The summed E-state index contributed by atoms with van der Waals surface area (Å²) in [6.45, 7) is 5.68. The number of carbonyl (C=O) groups is 1. The molecule has 2 aromatic heterocycles. The number of rotatable bonds is 9. The molecule has 6 heteroatoms. The molecule has 0 bridgehead atoms. The van der Waals surface area contributed by atoms with Gasteiger partial charge in [0.2, 0.25) is 5.91 Å². The lowest BCUT2D eigenvalue weighted by Crippen LogP contribution is -2.32. The largest absolute Gasteiger partial charge is 0.468 e. The SMILES string of the molecule is CCc1ccc(Cl)c(CC)c1NC(=O)CN(Cc1ccco1)Cc1cccs1. The first kappa shape index (κ1) is 20.6. The molecule has 1 aromatic carbocycles. The first-order valence-electron chi connectivity index (χ1n) is 9.47. The van der Waals surface area contributed by atoms with Gasteiger partial charge in [-0.15, -0.1) is 11.3 Å². The topological polar surface area (TPSA) is 45.5 Å². The van der Waals surface area contributed by atoms with E-state index in [1.54, 1.807) is 17.6 Å². The van der Waals surface area contributed by atoms with Crippen LogP contribution in [0.5, 0.6) is 0 Å². The molecule has 0 saturated carbocycles. The van der Waals surface area contributed by atoms with Crippen molar-refractivity contribution in [3.05, 3.63) is 74.8 Å². The number of benzene rings is 1. The molecular formula is C22H25ClN2O2S. The molecule has 0 fully saturated rings. The minimum Gasteiger partial charge on any atom is -0.468 e. The molecule has 3 aromatic rings. The zero-order valence-corrected chi connectivity index (χ0v) is 17.8. The van der Waals surface area contributed by atoms with E-state index in [2.05, 4.69) is 30.1 Å². The summed E-state index contributed by atoms with van der Waals surface area (Å²) in [6.07, 6.45) is 3.27. The highest BCUT2D eigenvalue weighted by Crippen LogP contribution is 2.29. The van der Waals surface area contributed by atoms with E-state index in [1.165, 1.54) is 4.88 Å². The predicted octanol–water partition coefficient (Wildman–Crippen LogP) is 5.76. The summed E-state index contributed by atoms with van der Waals surface area (Å²) in [4.78, 5) is 16.2. The van der Waals surface area contributed by atoms with Crippen LogP contribution in [0.3, 0.4) is 0 Å². The fourth-order valence-electron chi connectivity index (χ4n) is 3.26. The number of amides is 1. The van der Waals surface area contributed by atoms with E-state index < -0.39 is 0 Å². The van der Waals surface area contributed by atoms with Gasteiger partial charge in [0.25, 0.3) is 0 Å². The molecule has 0 aliphatic carbocycles. The number of furan rings is 1. The van der Waals surface area contributed by atoms with Crippen LogP contribution in [0, 0.1) is 0 Å². The van der Waals surface area contributed by atoms with E-state index >= 15 is 0 Å². The number of carbonyl (C=O) groups excluding carboxylic acids is 1. The number of nitrogens with one attached hydrogen (secondary N) is 1. The van der Waals surface area contributed by atoms with Crippen LogP contribution in [-0.4, -0.2) is 17.4 Å². The molecule has 4 nitrogen and oxygen atoms in total. The highest BCUT2D eigenvalue weighted by Gasteiger charge is 2.17. The van der Waals surface area contributed by atoms with E-state index in [0.717, 1.165) is 35.4 Å². The van der Waals surface area contributed by atoms with Gasteiger partial charge in [-0.2, -0.15) is 0 Å². The highest BCUT2D eigenvalue weighted by molar-refractivity contribution is 7.09. The summed E-state index contributed by atoms with van der Waals surface area (Å²) in [6, 6.07) is 11.8. The van der Waals surface area contributed by atoms with Crippen LogP contribution in [0.25, 0.3) is 0 Å². The monoisotopic (exact) mass is 416 g/mol. The van der Waals surface area contributed by atoms with Crippen LogP contribution in [0.4, 0.5) is 5.69 Å². The van der Waals surface area contributed by atoms with Crippen LogP contribution in [-0.2, 0) is 30.7 Å². The Kier molecular flexibility index (Phi) is 7.31. The van der Waals surface area contributed by atoms with Gasteiger partial charge in [0.1, 0.15) is 5.76 Å². The molecule has 148 valence electrons. The van der Waals surface area contributed by atoms with Crippen molar-refractivity contribution >= 4 is 34.5 Å². The van der Waals surface area contributed by atoms with Gasteiger partial charge < -0.3 is 9.73 Å². The Morgan fingerprint density at radius 1 is 1.14 bits per heavy atom. The van der Waals surface area contributed by atoms with Crippen molar-refractivity contribution in [3.63, 3.8) is 0 Å². The average Bonchev–Trinajstić information content (AvgIpc) is 3.36. The van der Waals surface area contributed by atoms with Crippen LogP contribution in [0.15, 0.2) is 52.5 Å². The van der Waals surface area contributed by atoms with Crippen molar-refractivity contribution in [3.8, 4) is 0 Å². The first-order chi connectivity index (χ1) is 13.6. The molecular weight excluding hydrogens is 392 g/mol. The van der Waals surface area contributed by atoms with E-state index in [0.29, 0.717) is 18.1 Å². The molecule has 0 atom stereocenters. The van der Waals surface area contributed by atoms with Crippen molar-refractivity contribution in [1.29, 1.82) is 0 Å². The van der Waals surface area contributed by atoms with Crippen molar-refractivity contribution in [2.75, 3.05) is 11.9 Å². The third-order valence-corrected chi connectivity index (χ3v) is 5.84. The molecule has 0 saturated heterocycles. The van der Waals surface area contributed by atoms with E-state index in [9.17, 15) is 4.79 Å². The quantitative estimate of drug-likeness (QED) is 0.482. The Bertz CT molecular complexity index is 855. The number of hydrogen-bond donors (Lipinski definition) is 1. The van der Waals surface area contributed by atoms with Crippen molar-refractivity contribution < 1.29 is 9.21 Å². The van der Waals surface area contributed by atoms with E-state index in [-0.39, 0.29) is 12.5 Å². The fourth-order valence-corrected chi connectivity index (χ4v) is 4.30. The number of nitrogens with zero attached hydrogens (tertiary/aromatic N) is 1. The minimum atomic E-state index is -0.0465. The van der Waals surface area contributed by atoms with Crippen molar-refractivity contribution in [2.45, 2.75) is 39.8 Å². The number of anilines is 1. The van der Waals surface area contributed by atoms with E-state index in [4.69, 9.17) is 16.0 Å². The van der Waals surface area contributed by atoms with Gasteiger partial charge in [-0.1, -0.05) is 37.6 Å². The summed E-state index contributed by atoms with van der Waals surface area (Å²) in [5, 5.41) is 5.86. The Labute approximate surface area is 175 Å².